The molecule has 0 saturated heterocycles. The van der Waals surface area contributed by atoms with Crippen molar-refractivity contribution in [1.29, 1.82) is 0 Å². The number of pyridine rings is 1. The van der Waals surface area contributed by atoms with E-state index < -0.39 is 0 Å². The lowest BCUT2D eigenvalue weighted by Crippen LogP contribution is -2.28. The van der Waals surface area contributed by atoms with Crippen molar-refractivity contribution in [2.24, 2.45) is 0 Å². The van der Waals surface area contributed by atoms with E-state index in [4.69, 9.17) is 4.42 Å². The lowest BCUT2D eigenvalue weighted by molar-refractivity contribution is -0.127. The summed E-state index contributed by atoms with van der Waals surface area (Å²) in [7, 11) is 0. The van der Waals surface area contributed by atoms with Gasteiger partial charge in [-0.1, -0.05) is 24.3 Å². The molecule has 0 N–H and O–H groups in total. The minimum Gasteiger partial charge on any atom is -0.467 e. The third-order valence-corrected chi connectivity index (χ3v) is 4.38. The van der Waals surface area contributed by atoms with E-state index in [9.17, 15) is 4.79 Å². The van der Waals surface area contributed by atoms with Gasteiger partial charge in [-0.25, -0.2) is 4.68 Å². The monoisotopic (exact) mass is 384 g/mol. The van der Waals surface area contributed by atoms with Crippen LogP contribution < -0.4 is 0 Å². The van der Waals surface area contributed by atoms with Gasteiger partial charge in [0, 0.05) is 36.8 Å². The number of rotatable bonds is 7. The van der Waals surface area contributed by atoms with E-state index in [1.165, 1.54) is 0 Å². The molecular formula is C23H20N4O2. The Balaban J connectivity index is 1.49. The van der Waals surface area contributed by atoms with E-state index in [1.807, 2.05) is 60.8 Å². The summed E-state index contributed by atoms with van der Waals surface area (Å²) in [5.41, 5.74) is 2.77. The topological polar surface area (TPSA) is 64.2 Å². The molecule has 0 aliphatic heterocycles. The second-order valence-corrected chi connectivity index (χ2v) is 6.52. The fourth-order valence-electron chi connectivity index (χ4n) is 2.93. The molecule has 144 valence electrons. The van der Waals surface area contributed by atoms with Gasteiger partial charge >= 0.3 is 0 Å². The van der Waals surface area contributed by atoms with Crippen LogP contribution >= 0.6 is 0 Å². The molecule has 1 amide bonds. The summed E-state index contributed by atoms with van der Waals surface area (Å²) in [6.45, 7) is 0.829. The zero-order valence-electron chi connectivity index (χ0n) is 15.8. The fraction of sp³-hybridized carbons (Fsp3) is 0.0870. The summed E-state index contributed by atoms with van der Waals surface area (Å²) in [5, 5.41) is 4.36. The van der Waals surface area contributed by atoms with Gasteiger partial charge in [0.2, 0.25) is 5.91 Å². The zero-order chi connectivity index (χ0) is 19.9. The highest BCUT2D eigenvalue weighted by Crippen LogP contribution is 2.13. The van der Waals surface area contributed by atoms with Crippen molar-refractivity contribution in [3.8, 4) is 5.69 Å². The SMILES string of the molecule is O=C(/C=C/c1cnn(-c2ccccc2)c1)N(Cc1cccnc1)Cc1ccco1. The van der Waals surface area contributed by atoms with Crippen molar-refractivity contribution in [3.63, 3.8) is 0 Å². The summed E-state index contributed by atoms with van der Waals surface area (Å²) < 4.78 is 7.20. The number of furan rings is 1. The predicted molar refractivity (Wildman–Crippen MR) is 110 cm³/mol. The van der Waals surface area contributed by atoms with Crippen LogP contribution in [0, 0.1) is 0 Å². The van der Waals surface area contributed by atoms with Gasteiger partial charge in [0.15, 0.2) is 0 Å². The van der Waals surface area contributed by atoms with Gasteiger partial charge in [-0.2, -0.15) is 5.10 Å². The molecule has 0 unspecified atom stereocenters. The van der Waals surface area contributed by atoms with Gasteiger partial charge in [0.25, 0.3) is 0 Å². The quantitative estimate of drug-likeness (QED) is 0.450. The molecule has 4 aromatic rings. The highest BCUT2D eigenvalue weighted by atomic mass is 16.3. The van der Waals surface area contributed by atoms with Crippen LogP contribution in [-0.2, 0) is 17.9 Å². The van der Waals surface area contributed by atoms with Crippen molar-refractivity contribution >= 4 is 12.0 Å². The average molecular weight is 384 g/mol. The second-order valence-electron chi connectivity index (χ2n) is 6.52. The van der Waals surface area contributed by atoms with Gasteiger partial charge in [-0.15, -0.1) is 0 Å². The number of benzene rings is 1. The standard InChI is InChI=1S/C23H20N4O2/c28-23(11-10-20-15-25-27(17-20)21-7-2-1-3-8-21)26(18-22-9-5-13-29-22)16-19-6-4-12-24-14-19/h1-15,17H,16,18H2/b11-10+. The maximum Gasteiger partial charge on any atom is 0.247 e. The minimum atomic E-state index is -0.113. The molecule has 0 aliphatic carbocycles. The van der Waals surface area contributed by atoms with E-state index in [2.05, 4.69) is 10.1 Å². The molecule has 0 saturated carbocycles. The maximum atomic E-state index is 12.9. The Hall–Kier alpha value is -3.93. The first-order valence-electron chi connectivity index (χ1n) is 9.26. The molecule has 6 nitrogen and oxygen atoms in total. The van der Waals surface area contributed by atoms with Crippen molar-refractivity contribution in [1.82, 2.24) is 19.7 Å². The normalized spacial score (nSPS) is 11.0. The van der Waals surface area contributed by atoms with Crippen molar-refractivity contribution in [3.05, 3.63) is 109 Å². The van der Waals surface area contributed by atoms with E-state index >= 15 is 0 Å². The average Bonchev–Trinajstić information content (AvgIpc) is 3.45. The number of para-hydroxylation sites is 1. The van der Waals surface area contributed by atoms with Gasteiger partial charge in [-0.05, 0) is 42.0 Å². The second kappa shape index (κ2) is 8.84. The molecule has 0 fully saturated rings. The van der Waals surface area contributed by atoms with Crippen LogP contribution in [0.2, 0.25) is 0 Å². The lowest BCUT2D eigenvalue weighted by atomic mass is 10.2. The number of aromatic nitrogens is 3. The number of carbonyl (C=O) groups is 1. The maximum absolute atomic E-state index is 12.9. The summed E-state index contributed by atoms with van der Waals surface area (Å²) >= 11 is 0. The number of amides is 1. The van der Waals surface area contributed by atoms with Gasteiger partial charge in [-0.3, -0.25) is 9.78 Å². The van der Waals surface area contributed by atoms with Crippen LogP contribution in [-0.4, -0.2) is 25.6 Å². The molecule has 0 atom stereocenters. The number of hydrogen-bond acceptors (Lipinski definition) is 4. The first-order chi connectivity index (χ1) is 14.3. The van der Waals surface area contributed by atoms with Crippen LogP contribution in [0.15, 0.2) is 96.1 Å². The summed E-state index contributed by atoms with van der Waals surface area (Å²) in [6, 6.07) is 17.3. The van der Waals surface area contributed by atoms with Crippen LogP contribution in [0.5, 0.6) is 0 Å². The van der Waals surface area contributed by atoms with Crippen LogP contribution in [0.3, 0.4) is 0 Å². The first-order valence-corrected chi connectivity index (χ1v) is 9.26. The number of carbonyl (C=O) groups excluding carboxylic acids is 1. The van der Waals surface area contributed by atoms with Gasteiger partial charge < -0.3 is 9.32 Å². The van der Waals surface area contributed by atoms with Crippen molar-refractivity contribution in [2.45, 2.75) is 13.1 Å². The summed E-state index contributed by atoms with van der Waals surface area (Å²) in [6.07, 6.45) is 12.0. The molecule has 0 bridgehead atoms. The van der Waals surface area contributed by atoms with Crippen LogP contribution in [0.1, 0.15) is 16.9 Å². The van der Waals surface area contributed by atoms with E-state index in [1.54, 1.807) is 46.6 Å². The highest BCUT2D eigenvalue weighted by molar-refractivity contribution is 5.91. The molecule has 6 heteroatoms. The highest BCUT2D eigenvalue weighted by Gasteiger charge is 2.14. The molecule has 0 spiro atoms. The van der Waals surface area contributed by atoms with Gasteiger partial charge in [0.1, 0.15) is 5.76 Å². The minimum absolute atomic E-state index is 0.113. The zero-order valence-corrected chi connectivity index (χ0v) is 15.8. The van der Waals surface area contributed by atoms with E-state index in [0.29, 0.717) is 13.1 Å². The molecule has 1 aromatic carbocycles. The molecule has 4 rings (SSSR count). The van der Waals surface area contributed by atoms with Crippen LogP contribution in [0.25, 0.3) is 11.8 Å². The van der Waals surface area contributed by atoms with Crippen LogP contribution in [0.4, 0.5) is 0 Å². The molecule has 3 aromatic heterocycles. The molecular weight excluding hydrogens is 364 g/mol. The Morgan fingerprint density at radius 2 is 1.93 bits per heavy atom. The fourth-order valence-corrected chi connectivity index (χ4v) is 2.93. The van der Waals surface area contributed by atoms with Gasteiger partial charge in [0.05, 0.1) is 24.7 Å². The van der Waals surface area contributed by atoms with Crippen molar-refractivity contribution < 1.29 is 9.21 Å². The predicted octanol–water partition coefficient (Wildman–Crippen LogP) is 4.10. The third-order valence-electron chi connectivity index (χ3n) is 4.38. The largest absolute Gasteiger partial charge is 0.467 e. The smallest absolute Gasteiger partial charge is 0.247 e. The molecule has 0 radical (unpaired) electrons. The first kappa shape index (κ1) is 18.4. The Morgan fingerprint density at radius 3 is 2.69 bits per heavy atom. The molecule has 3 heterocycles. The lowest BCUT2D eigenvalue weighted by Gasteiger charge is -2.20. The Labute approximate surface area is 168 Å². The molecule has 0 aliphatic rings. The molecule has 29 heavy (non-hydrogen) atoms. The summed E-state index contributed by atoms with van der Waals surface area (Å²) in [4.78, 5) is 18.7. The number of nitrogens with zero attached hydrogens (tertiary/aromatic N) is 4. The Kier molecular flexibility index (Phi) is 5.62. The Morgan fingerprint density at radius 1 is 1.03 bits per heavy atom. The Bertz CT molecular complexity index is 1070. The third kappa shape index (κ3) is 4.87. The van der Waals surface area contributed by atoms with Crippen molar-refractivity contribution in [2.75, 3.05) is 0 Å². The van der Waals surface area contributed by atoms with E-state index in [0.717, 1.165) is 22.6 Å². The van der Waals surface area contributed by atoms with E-state index in [-0.39, 0.29) is 5.91 Å². The number of hydrogen-bond donors (Lipinski definition) is 0. The summed E-state index contributed by atoms with van der Waals surface area (Å²) in [5.74, 6) is 0.616.